The molecule has 3 rings (SSSR count). The molecule has 0 spiro atoms. The molecule has 5 nitrogen and oxygen atoms in total. The molecule has 0 bridgehead atoms. The number of piperidine rings is 1. The van der Waals surface area contributed by atoms with Crippen molar-refractivity contribution in [3.63, 3.8) is 0 Å². The van der Waals surface area contributed by atoms with E-state index in [-0.39, 0.29) is 24.0 Å². The number of hydrogen-bond donors (Lipinski definition) is 2. The van der Waals surface area contributed by atoms with Crippen LogP contribution in [0.5, 0.6) is 0 Å². The molecule has 2 saturated heterocycles. The van der Waals surface area contributed by atoms with E-state index in [2.05, 4.69) is 4.90 Å². The van der Waals surface area contributed by atoms with Gasteiger partial charge in [0.15, 0.2) is 0 Å². The molecular formula is C16H29N3O2. The minimum absolute atomic E-state index is 0.0184. The minimum atomic E-state index is -0.344. The lowest BCUT2D eigenvalue weighted by atomic mass is 9.87. The van der Waals surface area contributed by atoms with Gasteiger partial charge in [0.2, 0.25) is 5.91 Å². The first kappa shape index (κ1) is 15.3. The van der Waals surface area contributed by atoms with Gasteiger partial charge in [-0.05, 0) is 32.2 Å². The van der Waals surface area contributed by atoms with Gasteiger partial charge in [0.25, 0.3) is 0 Å². The summed E-state index contributed by atoms with van der Waals surface area (Å²) in [4.78, 5) is 17.0. The molecule has 1 aliphatic carbocycles. The zero-order valence-electron chi connectivity index (χ0n) is 12.9. The number of β-amino-alcohol motifs (C(OH)–C–C–N with tert-alkyl or cyclic N) is 1. The number of amides is 1. The molecule has 2 aliphatic heterocycles. The number of nitrogens with zero attached hydrogens (tertiary/aromatic N) is 2. The number of rotatable bonds is 2. The fourth-order valence-corrected chi connectivity index (χ4v) is 4.21. The molecule has 1 saturated carbocycles. The third-order valence-corrected chi connectivity index (χ3v) is 5.58. The molecule has 3 N–H and O–H groups in total. The molecule has 3 fully saturated rings. The topological polar surface area (TPSA) is 69.8 Å². The lowest BCUT2D eigenvalue weighted by molar-refractivity contribution is -0.137. The molecule has 21 heavy (non-hydrogen) atoms. The first-order chi connectivity index (χ1) is 10.1. The number of hydrogen-bond acceptors (Lipinski definition) is 4. The summed E-state index contributed by atoms with van der Waals surface area (Å²) < 4.78 is 0. The fraction of sp³-hybridized carbons (Fsp3) is 0.938. The quantitative estimate of drug-likeness (QED) is 0.781. The van der Waals surface area contributed by atoms with E-state index >= 15 is 0 Å². The molecule has 2 heterocycles. The predicted octanol–water partition coefficient (Wildman–Crippen LogP) is 0.561. The van der Waals surface area contributed by atoms with Crippen molar-refractivity contribution < 1.29 is 9.90 Å². The van der Waals surface area contributed by atoms with Gasteiger partial charge >= 0.3 is 0 Å². The summed E-state index contributed by atoms with van der Waals surface area (Å²) in [5.74, 6) is 0.0885. The Bertz CT molecular complexity index is 371. The Morgan fingerprint density at radius 3 is 2.43 bits per heavy atom. The maximum absolute atomic E-state index is 12.7. The Kier molecular flexibility index (Phi) is 4.82. The number of nitrogens with two attached hydrogens (primary N) is 1. The number of aliphatic hydroxyl groups excluding tert-OH is 1. The molecule has 0 aromatic carbocycles. The van der Waals surface area contributed by atoms with Crippen molar-refractivity contribution in [2.75, 3.05) is 26.2 Å². The largest absolute Gasteiger partial charge is 0.391 e. The summed E-state index contributed by atoms with van der Waals surface area (Å²) in [7, 11) is 0. The highest BCUT2D eigenvalue weighted by atomic mass is 16.3. The fourth-order valence-electron chi connectivity index (χ4n) is 4.21. The highest BCUT2D eigenvalue weighted by Gasteiger charge is 2.38. The lowest BCUT2D eigenvalue weighted by Crippen LogP contribution is -2.56. The molecule has 3 aliphatic rings. The van der Waals surface area contributed by atoms with Crippen LogP contribution in [-0.2, 0) is 4.79 Å². The number of aliphatic hydroxyl groups is 1. The zero-order valence-corrected chi connectivity index (χ0v) is 12.9. The molecule has 0 radical (unpaired) electrons. The average molecular weight is 295 g/mol. The van der Waals surface area contributed by atoms with Crippen LogP contribution in [0.25, 0.3) is 0 Å². The molecule has 3 atom stereocenters. The van der Waals surface area contributed by atoms with Crippen molar-refractivity contribution in [2.24, 2.45) is 11.7 Å². The minimum Gasteiger partial charge on any atom is -0.391 e. The van der Waals surface area contributed by atoms with E-state index in [1.54, 1.807) is 0 Å². The summed E-state index contributed by atoms with van der Waals surface area (Å²) in [5.41, 5.74) is 6.24. The normalized spacial score (nSPS) is 36.1. The Balaban J connectivity index is 1.61. The summed E-state index contributed by atoms with van der Waals surface area (Å²) in [6.45, 7) is 3.04. The second-order valence-corrected chi connectivity index (χ2v) is 7.07. The first-order valence-electron chi connectivity index (χ1n) is 8.61. The van der Waals surface area contributed by atoms with E-state index in [1.165, 1.54) is 32.1 Å². The van der Waals surface area contributed by atoms with E-state index in [9.17, 15) is 9.90 Å². The average Bonchev–Trinajstić information content (AvgIpc) is 2.94. The number of carbonyl (C=O) groups excluding carboxylic acids is 1. The molecule has 0 aromatic heterocycles. The number of carbonyl (C=O) groups is 1. The SMILES string of the molecule is N[C@@H]1CCN(C2CCCCC2)C[C@H]1C(=O)N1CCC(O)C1. The van der Waals surface area contributed by atoms with Gasteiger partial charge in [-0.2, -0.15) is 0 Å². The third-order valence-electron chi connectivity index (χ3n) is 5.58. The maximum atomic E-state index is 12.7. The van der Waals surface area contributed by atoms with Crippen LogP contribution in [0.1, 0.15) is 44.9 Å². The van der Waals surface area contributed by atoms with Gasteiger partial charge in [-0.15, -0.1) is 0 Å². The van der Waals surface area contributed by atoms with Gasteiger partial charge in [-0.3, -0.25) is 9.69 Å². The zero-order chi connectivity index (χ0) is 14.8. The van der Waals surface area contributed by atoms with Crippen molar-refractivity contribution in [2.45, 2.75) is 63.1 Å². The van der Waals surface area contributed by atoms with E-state index in [4.69, 9.17) is 5.73 Å². The highest BCUT2D eigenvalue weighted by Crippen LogP contribution is 2.28. The van der Waals surface area contributed by atoms with Crippen LogP contribution < -0.4 is 5.73 Å². The van der Waals surface area contributed by atoms with Crippen molar-refractivity contribution in [1.82, 2.24) is 9.80 Å². The Labute approximate surface area is 127 Å². The van der Waals surface area contributed by atoms with Crippen LogP contribution in [0.2, 0.25) is 0 Å². The van der Waals surface area contributed by atoms with Crippen LogP contribution in [0.3, 0.4) is 0 Å². The summed E-state index contributed by atoms with van der Waals surface area (Å²) in [5, 5.41) is 9.63. The van der Waals surface area contributed by atoms with Crippen LogP contribution in [-0.4, -0.2) is 65.2 Å². The standard InChI is InChI=1S/C16H29N3O2/c17-15-7-9-18(12-4-2-1-3-5-12)11-14(15)16(21)19-8-6-13(20)10-19/h12-15,20H,1-11,17H2/t13?,14-,15-/m1/s1. The highest BCUT2D eigenvalue weighted by molar-refractivity contribution is 5.80. The van der Waals surface area contributed by atoms with Crippen LogP contribution in [0.15, 0.2) is 0 Å². The van der Waals surface area contributed by atoms with Gasteiger partial charge in [0.1, 0.15) is 0 Å². The summed E-state index contributed by atoms with van der Waals surface area (Å²) in [6, 6.07) is 0.640. The number of likely N-dealkylation sites (tertiary alicyclic amines) is 2. The van der Waals surface area contributed by atoms with E-state index < -0.39 is 0 Å². The maximum Gasteiger partial charge on any atom is 0.228 e. The molecule has 1 amide bonds. The van der Waals surface area contributed by atoms with Crippen molar-refractivity contribution in [1.29, 1.82) is 0 Å². The summed E-state index contributed by atoms with van der Waals surface area (Å²) in [6.07, 6.45) is 7.84. The molecule has 1 unspecified atom stereocenters. The van der Waals surface area contributed by atoms with Crippen molar-refractivity contribution in [3.05, 3.63) is 0 Å². The molecule has 5 heteroatoms. The van der Waals surface area contributed by atoms with Gasteiger partial charge in [0, 0.05) is 31.7 Å². The van der Waals surface area contributed by atoms with Crippen LogP contribution in [0.4, 0.5) is 0 Å². The lowest BCUT2D eigenvalue weighted by Gasteiger charge is -2.42. The van der Waals surface area contributed by atoms with Crippen LogP contribution in [0, 0.1) is 5.92 Å². The first-order valence-corrected chi connectivity index (χ1v) is 8.61. The van der Waals surface area contributed by atoms with Gasteiger partial charge in [-0.25, -0.2) is 0 Å². The van der Waals surface area contributed by atoms with Gasteiger partial charge < -0.3 is 15.7 Å². The molecule has 0 aromatic rings. The third kappa shape index (κ3) is 3.41. The van der Waals surface area contributed by atoms with Crippen molar-refractivity contribution in [3.8, 4) is 0 Å². The monoisotopic (exact) mass is 295 g/mol. The van der Waals surface area contributed by atoms with Crippen LogP contribution >= 0.6 is 0 Å². The Morgan fingerprint density at radius 1 is 1.00 bits per heavy atom. The predicted molar refractivity (Wildman–Crippen MR) is 81.7 cm³/mol. The Morgan fingerprint density at radius 2 is 1.76 bits per heavy atom. The Hall–Kier alpha value is -0.650. The molecule has 120 valence electrons. The van der Waals surface area contributed by atoms with Gasteiger partial charge in [0.05, 0.1) is 12.0 Å². The summed E-state index contributed by atoms with van der Waals surface area (Å²) >= 11 is 0. The smallest absolute Gasteiger partial charge is 0.228 e. The van der Waals surface area contributed by atoms with E-state index in [1.807, 2.05) is 4.90 Å². The van der Waals surface area contributed by atoms with E-state index in [0.29, 0.717) is 25.6 Å². The van der Waals surface area contributed by atoms with E-state index in [0.717, 1.165) is 19.5 Å². The second-order valence-electron chi connectivity index (χ2n) is 7.07. The van der Waals surface area contributed by atoms with Gasteiger partial charge in [-0.1, -0.05) is 19.3 Å². The second kappa shape index (κ2) is 6.63. The van der Waals surface area contributed by atoms with Crippen molar-refractivity contribution >= 4 is 5.91 Å². The molecular weight excluding hydrogens is 266 g/mol.